The molecule has 0 heterocycles. The smallest absolute Gasteiger partial charge is 0.225 e. The lowest BCUT2D eigenvalue weighted by Crippen LogP contribution is -2.46. The predicted octanol–water partition coefficient (Wildman–Crippen LogP) is 2.09. The number of ether oxygens (including phenoxy) is 2. The Bertz CT molecular complexity index is 680. The molecule has 0 saturated carbocycles. The number of carbonyl (C=O) groups excluding carboxylic acids is 1. The van der Waals surface area contributed by atoms with E-state index in [9.17, 15) is 13.2 Å². The van der Waals surface area contributed by atoms with Gasteiger partial charge in [0.15, 0.2) is 11.5 Å². The Kier molecular flexibility index (Phi) is 6.62. The zero-order valence-corrected chi connectivity index (χ0v) is 15.9. The number of carbonyl (C=O) groups is 1. The average Bonchev–Trinajstić information content (AvgIpc) is 2.44. The van der Waals surface area contributed by atoms with Crippen LogP contribution in [0.25, 0.3) is 0 Å². The molecule has 0 bridgehead atoms. The molecule has 1 N–H and O–H groups in total. The van der Waals surface area contributed by atoms with Crippen molar-refractivity contribution in [3.8, 4) is 11.5 Å². The summed E-state index contributed by atoms with van der Waals surface area (Å²) in [4.78, 5) is 12.1. The normalized spacial score (nSPS) is 12.1. The lowest BCUT2D eigenvalue weighted by molar-refractivity contribution is -0.116. The van der Waals surface area contributed by atoms with Crippen molar-refractivity contribution >= 4 is 21.6 Å². The molecule has 0 aliphatic carbocycles. The Labute approximate surface area is 144 Å². The molecule has 1 amide bonds. The number of rotatable bonds is 7. The van der Waals surface area contributed by atoms with Gasteiger partial charge >= 0.3 is 0 Å². The van der Waals surface area contributed by atoms with Gasteiger partial charge in [-0.15, -0.1) is 0 Å². The maximum Gasteiger partial charge on any atom is 0.225 e. The lowest BCUT2D eigenvalue weighted by atomic mass is 10.1. The minimum Gasteiger partial charge on any atom is -0.493 e. The summed E-state index contributed by atoms with van der Waals surface area (Å²) in [5.41, 5.74) is -0.0312. The van der Waals surface area contributed by atoms with Crippen molar-refractivity contribution in [1.29, 1.82) is 0 Å². The van der Waals surface area contributed by atoms with Crippen LogP contribution in [0, 0.1) is 0 Å². The number of hydrogen-bond donors (Lipinski definition) is 1. The van der Waals surface area contributed by atoms with E-state index in [0.717, 1.165) is 6.26 Å². The van der Waals surface area contributed by atoms with Crippen molar-refractivity contribution in [1.82, 2.24) is 4.31 Å². The van der Waals surface area contributed by atoms with Gasteiger partial charge in [-0.25, -0.2) is 8.42 Å². The molecule has 1 aromatic carbocycles. The number of anilines is 1. The molecule has 0 fully saturated rings. The number of amides is 1. The van der Waals surface area contributed by atoms with Crippen LogP contribution in [0.4, 0.5) is 5.69 Å². The van der Waals surface area contributed by atoms with Gasteiger partial charge in [0.25, 0.3) is 0 Å². The van der Waals surface area contributed by atoms with Gasteiger partial charge in [-0.2, -0.15) is 4.31 Å². The summed E-state index contributed by atoms with van der Waals surface area (Å²) >= 11 is 0. The number of hydrogen-bond acceptors (Lipinski definition) is 5. The molecule has 0 aliphatic rings. The first-order chi connectivity index (χ1) is 11.0. The van der Waals surface area contributed by atoms with Crippen molar-refractivity contribution in [2.45, 2.75) is 32.7 Å². The molecule has 24 heavy (non-hydrogen) atoms. The van der Waals surface area contributed by atoms with Crippen LogP contribution in [-0.2, 0) is 14.8 Å². The molecular weight excluding hydrogens is 332 g/mol. The molecule has 1 aromatic rings. The highest BCUT2D eigenvalue weighted by Crippen LogP contribution is 2.29. The second-order valence-corrected chi connectivity index (χ2v) is 8.28. The van der Waals surface area contributed by atoms with Crippen LogP contribution in [0.5, 0.6) is 11.5 Å². The third-order valence-corrected chi connectivity index (χ3v) is 4.89. The number of benzene rings is 1. The van der Waals surface area contributed by atoms with E-state index in [4.69, 9.17) is 9.47 Å². The zero-order valence-electron chi connectivity index (χ0n) is 15.0. The summed E-state index contributed by atoms with van der Waals surface area (Å²) in [6, 6.07) is 5.03. The Balaban J connectivity index is 2.76. The number of nitrogens with one attached hydrogen (secondary N) is 1. The molecule has 0 radical (unpaired) electrons. The van der Waals surface area contributed by atoms with Crippen molar-refractivity contribution in [3.05, 3.63) is 18.2 Å². The quantitative estimate of drug-likeness (QED) is 0.807. The van der Waals surface area contributed by atoms with E-state index < -0.39 is 15.6 Å². The first-order valence-corrected chi connectivity index (χ1v) is 9.33. The van der Waals surface area contributed by atoms with Gasteiger partial charge in [-0.1, -0.05) is 0 Å². The van der Waals surface area contributed by atoms with E-state index in [1.54, 1.807) is 39.0 Å². The van der Waals surface area contributed by atoms with E-state index in [2.05, 4.69) is 5.32 Å². The molecule has 1 rings (SSSR count). The van der Waals surface area contributed by atoms with Crippen molar-refractivity contribution in [3.63, 3.8) is 0 Å². The minimum absolute atomic E-state index is 0.0543. The Morgan fingerprint density at radius 3 is 2.21 bits per heavy atom. The van der Waals surface area contributed by atoms with Gasteiger partial charge in [0.1, 0.15) is 0 Å². The maximum atomic E-state index is 12.1. The van der Waals surface area contributed by atoms with E-state index in [-0.39, 0.29) is 18.9 Å². The summed E-state index contributed by atoms with van der Waals surface area (Å²) in [6.07, 6.45) is 1.20. The second kappa shape index (κ2) is 7.85. The van der Waals surface area contributed by atoms with Gasteiger partial charge in [0.05, 0.1) is 20.5 Å². The fourth-order valence-electron chi connectivity index (χ4n) is 2.34. The van der Waals surface area contributed by atoms with Crippen molar-refractivity contribution in [2.24, 2.45) is 0 Å². The molecule has 0 unspecified atom stereocenters. The fourth-order valence-corrected chi connectivity index (χ4v) is 3.76. The Hall–Kier alpha value is -1.80. The molecule has 0 saturated heterocycles. The highest BCUT2D eigenvalue weighted by molar-refractivity contribution is 7.88. The SMILES string of the molecule is COc1ccc(NC(=O)CCN(C(C)(C)C)S(C)(=O)=O)cc1OC. The van der Waals surface area contributed by atoms with Crippen molar-refractivity contribution in [2.75, 3.05) is 32.3 Å². The van der Waals surface area contributed by atoms with Crippen LogP contribution < -0.4 is 14.8 Å². The lowest BCUT2D eigenvalue weighted by Gasteiger charge is -2.33. The van der Waals surface area contributed by atoms with E-state index in [0.29, 0.717) is 17.2 Å². The van der Waals surface area contributed by atoms with Gasteiger partial charge in [-0.05, 0) is 32.9 Å². The average molecular weight is 358 g/mol. The van der Waals surface area contributed by atoms with Crippen LogP contribution in [0.1, 0.15) is 27.2 Å². The third-order valence-electron chi connectivity index (χ3n) is 3.36. The summed E-state index contributed by atoms with van der Waals surface area (Å²) in [5.74, 6) is 0.786. The Morgan fingerprint density at radius 1 is 1.17 bits per heavy atom. The molecule has 7 nitrogen and oxygen atoms in total. The number of methoxy groups -OCH3 is 2. The Morgan fingerprint density at radius 2 is 1.75 bits per heavy atom. The summed E-state index contributed by atoms with van der Waals surface area (Å²) in [7, 11) is -0.353. The standard InChI is InChI=1S/C16H26N2O5S/c1-16(2,3)18(24(6,20)21)10-9-15(19)17-12-7-8-13(22-4)14(11-12)23-5/h7-8,11H,9-10H2,1-6H3,(H,17,19). The zero-order chi connectivity index (χ0) is 18.5. The van der Waals surface area contributed by atoms with Crippen LogP contribution in [0.3, 0.4) is 0 Å². The highest BCUT2D eigenvalue weighted by atomic mass is 32.2. The monoisotopic (exact) mass is 358 g/mol. The van der Waals surface area contributed by atoms with Crippen LogP contribution >= 0.6 is 0 Å². The fraction of sp³-hybridized carbons (Fsp3) is 0.562. The largest absolute Gasteiger partial charge is 0.493 e. The van der Waals surface area contributed by atoms with Crippen LogP contribution in [0.2, 0.25) is 0 Å². The van der Waals surface area contributed by atoms with Crippen LogP contribution in [-0.4, -0.2) is 51.2 Å². The summed E-state index contributed by atoms with van der Waals surface area (Å²) in [6.45, 7) is 5.49. The van der Waals surface area contributed by atoms with Gasteiger partial charge in [-0.3, -0.25) is 4.79 Å². The number of sulfonamides is 1. The minimum atomic E-state index is -3.39. The second-order valence-electron chi connectivity index (χ2n) is 6.37. The molecule has 8 heteroatoms. The topological polar surface area (TPSA) is 84.9 Å². The molecule has 136 valence electrons. The number of nitrogens with zero attached hydrogens (tertiary/aromatic N) is 1. The van der Waals surface area contributed by atoms with Gasteiger partial charge in [0, 0.05) is 30.3 Å². The molecule has 0 atom stereocenters. The van der Waals surface area contributed by atoms with E-state index in [1.807, 2.05) is 0 Å². The van der Waals surface area contributed by atoms with Crippen molar-refractivity contribution < 1.29 is 22.7 Å². The summed E-state index contributed by atoms with van der Waals surface area (Å²) < 4.78 is 35.4. The maximum absolute atomic E-state index is 12.1. The van der Waals surface area contributed by atoms with Gasteiger partial charge in [0.2, 0.25) is 15.9 Å². The first kappa shape index (κ1) is 20.2. The summed E-state index contributed by atoms with van der Waals surface area (Å²) in [5, 5.41) is 2.73. The van der Waals surface area contributed by atoms with Gasteiger partial charge < -0.3 is 14.8 Å². The molecule has 0 aliphatic heterocycles. The third kappa shape index (κ3) is 5.68. The molecule has 0 aromatic heterocycles. The van der Waals surface area contributed by atoms with Crippen LogP contribution in [0.15, 0.2) is 18.2 Å². The predicted molar refractivity (Wildman–Crippen MR) is 94.1 cm³/mol. The molecular formula is C16H26N2O5S. The molecule has 0 spiro atoms. The first-order valence-electron chi connectivity index (χ1n) is 7.48. The van der Waals surface area contributed by atoms with E-state index >= 15 is 0 Å². The highest BCUT2D eigenvalue weighted by Gasteiger charge is 2.29. The van der Waals surface area contributed by atoms with E-state index in [1.165, 1.54) is 18.5 Å².